The number of allylic oxidation sites excluding steroid dienone is 6. The summed E-state index contributed by atoms with van der Waals surface area (Å²) < 4.78 is 0. The zero-order chi connectivity index (χ0) is 40.7. The van der Waals surface area contributed by atoms with Gasteiger partial charge in [0.05, 0.1) is 0 Å². The maximum absolute atomic E-state index is 13.4. The highest BCUT2D eigenvalue weighted by molar-refractivity contribution is 5.87. The molecule has 0 rings (SSSR count). The van der Waals surface area contributed by atoms with Gasteiger partial charge in [-0.15, -0.1) is 0 Å². The molecule has 0 aromatic rings. The number of ketones is 2. The van der Waals surface area contributed by atoms with Gasteiger partial charge in [0.1, 0.15) is 11.6 Å². The molecule has 0 radical (unpaired) electrons. The number of hydrogen-bond donors (Lipinski definition) is 0. The van der Waals surface area contributed by atoms with Crippen LogP contribution >= 0.6 is 0 Å². The lowest BCUT2D eigenvalue weighted by Crippen LogP contribution is -2.18. The molecule has 0 saturated heterocycles. The van der Waals surface area contributed by atoms with E-state index in [9.17, 15) is 9.59 Å². The third kappa shape index (κ3) is 43.7. The summed E-state index contributed by atoms with van der Waals surface area (Å²) in [7, 11) is 0. The van der Waals surface area contributed by atoms with Crippen molar-refractivity contribution >= 4 is 11.6 Å². The highest BCUT2D eigenvalue weighted by Gasteiger charge is 2.21. The van der Waals surface area contributed by atoms with Crippen molar-refractivity contribution in [2.75, 3.05) is 0 Å². The lowest BCUT2D eigenvalue weighted by Gasteiger charge is -2.15. The summed E-state index contributed by atoms with van der Waals surface area (Å²) in [5, 5.41) is 0. The summed E-state index contributed by atoms with van der Waals surface area (Å²) in [6, 6.07) is 0. The third-order valence-corrected chi connectivity index (χ3v) is 11.9. The summed E-state index contributed by atoms with van der Waals surface area (Å²) in [5.74, 6) is 0.666. The van der Waals surface area contributed by atoms with Gasteiger partial charge < -0.3 is 0 Å². The molecule has 0 aliphatic rings. The van der Waals surface area contributed by atoms with E-state index in [2.05, 4.69) is 57.2 Å². The summed E-state index contributed by atoms with van der Waals surface area (Å²) in [4.78, 5) is 26.5. The Morgan fingerprint density at radius 2 is 0.589 bits per heavy atom. The summed E-state index contributed by atoms with van der Waals surface area (Å²) >= 11 is 0. The van der Waals surface area contributed by atoms with Gasteiger partial charge in [-0.25, -0.2) is 0 Å². The molecule has 0 aliphatic carbocycles. The number of rotatable bonds is 47. The molecule has 0 aliphatic heterocycles. The largest absolute Gasteiger partial charge is 0.300 e. The fourth-order valence-corrected chi connectivity index (χ4v) is 8.01. The van der Waals surface area contributed by atoms with Crippen LogP contribution in [0.2, 0.25) is 0 Å². The van der Waals surface area contributed by atoms with Crippen LogP contribution in [0, 0.1) is 5.92 Å². The molecule has 2 nitrogen and oxygen atoms in total. The van der Waals surface area contributed by atoms with E-state index in [1.54, 1.807) is 0 Å². The zero-order valence-electron chi connectivity index (χ0n) is 38.6. The Bertz CT molecular complexity index is 881. The molecule has 0 N–H and O–H groups in total. The van der Waals surface area contributed by atoms with E-state index in [1.165, 1.54) is 212 Å². The molecule has 0 bridgehead atoms. The Labute approximate surface area is 352 Å². The first kappa shape index (κ1) is 54.6. The van der Waals surface area contributed by atoms with Gasteiger partial charge in [-0.3, -0.25) is 9.59 Å². The van der Waals surface area contributed by atoms with Gasteiger partial charge in [0.25, 0.3) is 0 Å². The van der Waals surface area contributed by atoms with E-state index in [0.29, 0.717) is 30.8 Å². The van der Waals surface area contributed by atoms with Gasteiger partial charge in [0.2, 0.25) is 0 Å². The third-order valence-electron chi connectivity index (χ3n) is 11.9. The first-order valence-corrected chi connectivity index (χ1v) is 25.6. The van der Waals surface area contributed by atoms with Crippen LogP contribution < -0.4 is 0 Å². The summed E-state index contributed by atoms with van der Waals surface area (Å²) in [5.41, 5.74) is 0. The van der Waals surface area contributed by atoms with E-state index in [4.69, 9.17) is 0 Å². The molecular formula is C54H100O2. The standard InChI is InChI=1S/C54H100O2/c1-4-7-10-13-16-19-22-25-28-31-34-37-40-43-46-49-53(55)51-52(48-45-42-39-36-33-30-27-24-21-18-15-12-9-6-3)54(56)50-47-44-41-38-35-32-29-26-23-20-17-14-11-8-5-2/h25-30,52H,4-24,31-51H2,1-3H3/b28-25-,29-26-,30-27-. The van der Waals surface area contributed by atoms with Gasteiger partial charge in [0.15, 0.2) is 0 Å². The summed E-state index contributed by atoms with van der Waals surface area (Å²) in [6.45, 7) is 6.84. The van der Waals surface area contributed by atoms with Crippen molar-refractivity contribution in [1.82, 2.24) is 0 Å². The normalized spacial score (nSPS) is 12.6. The Morgan fingerprint density at radius 1 is 0.321 bits per heavy atom. The minimum absolute atomic E-state index is 0.0420. The second kappa shape index (κ2) is 47.9. The van der Waals surface area contributed by atoms with Crippen molar-refractivity contribution in [3.8, 4) is 0 Å². The van der Waals surface area contributed by atoms with Crippen LogP contribution in [0.15, 0.2) is 36.5 Å². The van der Waals surface area contributed by atoms with Gasteiger partial charge in [-0.1, -0.05) is 211 Å². The summed E-state index contributed by atoms with van der Waals surface area (Å²) in [6.07, 6.45) is 65.7. The average molecular weight is 781 g/mol. The molecule has 56 heavy (non-hydrogen) atoms. The van der Waals surface area contributed by atoms with E-state index in [-0.39, 0.29) is 5.92 Å². The predicted molar refractivity (Wildman–Crippen MR) is 252 cm³/mol. The monoisotopic (exact) mass is 781 g/mol. The molecule has 0 heterocycles. The molecule has 1 atom stereocenters. The van der Waals surface area contributed by atoms with Crippen molar-refractivity contribution in [3.63, 3.8) is 0 Å². The van der Waals surface area contributed by atoms with Crippen LogP contribution in [-0.2, 0) is 9.59 Å². The molecule has 1 unspecified atom stereocenters. The molecule has 328 valence electrons. The van der Waals surface area contributed by atoms with Crippen LogP contribution in [0.5, 0.6) is 0 Å². The highest BCUT2D eigenvalue weighted by Crippen LogP contribution is 2.22. The Morgan fingerprint density at radius 3 is 0.929 bits per heavy atom. The number of carbonyl (C=O) groups is 2. The fraction of sp³-hybridized carbons (Fsp3) is 0.852. The fourth-order valence-electron chi connectivity index (χ4n) is 8.01. The maximum Gasteiger partial charge on any atom is 0.136 e. The molecular weight excluding hydrogens is 681 g/mol. The Balaban J connectivity index is 4.31. The van der Waals surface area contributed by atoms with Crippen LogP contribution in [0.1, 0.15) is 290 Å². The number of carbonyl (C=O) groups excluding carboxylic acids is 2. The van der Waals surface area contributed by atoms with Gasteiger partial charge in [-0.05, 0) is 96.3 Å². The number of hydrogen-bond acceptors (Lipinski definition) is 2. The lowest BCUT2D eigenvalue weighted by molar-refractivity contribution is -0.128. The van der Waals surface area contributed by atoms with Crippen LogP contribution in [0.4, 0.5) is 0 Å². The smallest absolute Gasteiger partial charge is 0.136 e. The molecule has 0 spiro atoms. The van der Waals surface area contributed by atoms with Gasteiger partial charge >= 0.3 is 0 Å². The minimum atomic E-state index is -0.0420. The SMILES string of the molecule is CCCCCCCC/C=C\CCCCCCCC(=O)CC(CCCCCC/C=C\CCCCCCCC)C(=O)CCCCCCC/C=C\CCCCCCCC. The number of Topliss-reactive ketones (excluding diaryl/α,β-unsaturated/α-hetero) is 2. The van der Waals surface area contributed by atoms with E-state index >= 15 is 0 Å². The van der Waals surface area contributed by atoms with Crippen molar-refractivity contribution < 1.29 is 9.59 Å². The van der Waals surface area contributed by atoms with Gasteiger partial charge in [-0.2, -0.15) is 0 Å². The number of unbranched alkanes of at least 4 members (excludes halogenated alkanes) is 32. The van der Waals surface area contributed by atoms with Crippen molar-refractivity contribution in [2.45, 2.75) is 290 Å². The predicted octanol–water partition coefficient (Wildman–Crippen LogP) is 18.9. The second-order valence-corrected chi connectivity index (χ2v) is 17.6. The Hall–Kier alpha value is -1.44. The molecule has 2 heteroatoms. The topological polar surface area (TPSA) is 34.1 Å². The van der Waals surface area contributed by atoms with Gasteiger partial charge in [0, 0.05) is 25.2 Å². The first-order chi connectivity index (χ1) is 27.7. The molecule has 0 saturated carbocycles. The van der Waals surface area contributed by atoms with E-state index < -0.39 is 0 Å². The quantitative estimate of drug-likeness (QED) is 0.0455. The molecule has 0 aromatic heterocycles. The lowest BCUT2D eigenvalue weighted by atomic mass is 9.88. The zero-order valence-corrected chi connectivity index (χ0v) is 38.6. The highest BCUT2D eigenvalue weighted by atomic mass is 16.1. The second-order valence-electron chi connectivity index (χ2n) is 17.6. The van der Waals surface area contributed by atoms with Crippen LogP contribution in [0.25, 0.3) is 0 Å². The van der Waals surface area contributed by atoms with E-state index in [1.807, 2.05) is 0 Å². The molecule has 0 amide bonds. The first-order valence-electron chi connectivity index (χ1n) is 25.6. The van der Waals surface area contributed by atoms with Crippen LogP contribution in [0.3, 0.4) is 0 Å². The molecule has 0 aromatic carbocycles. The molecule has 0 fully saturated rings. The average Bonchev–Trinajstić information content (AvgIpc) is 3.20. The minimum Gasteiger partial charge on any atom is -0.300 e. The van der Waals surface area contributed by atoms with Crippen LogP contribution in [-0.4, -0.2) is 11.6 Å². The van der Waals surface area contributed by atoms with Crippen molar-refractivity contribution in [3.05, 3.63) is 36.5 Å². The maximum atomic E-state index is 13.4. The van der Waals surface area contributed by atoms with E-state index in [0.717, 1.165) is 38.5 Å². The van der Waals surface area contributed by atoms with Crippen molar-refractivity contribution in [2.24, 2.45) is 5.92 Å². The Kier molecular flexibility index (Phi) is 46.7. The van der Waals surface area contributed by atoms with Crippen molar-refractivity contribution in [1.29, 1.82) is 0 Å².